The summed E-state index contributed by atoms with van der Waals surface area (Å²) in [5.41, 5.74) is 1.29. The largest absolute Gasteiger partial charge is 0.311 e. The minimum absolute atomic E-state index is 0.556. The first-order valence-electron chi connectivity index (χ1n) is 5.66. The molecule has 14 heavy (non-hydrogen) atoms. The monoisotopic (exact) mass is 196 g/mol. The topological polar surface area (TPSA) is 15.3 Å². The molecule has 0 aromatic rings. The lowest BCUT2D eigenvalue weighted by atomic mass is 10.2. The molecule has 82 valence electrons. The summed E-state index contributed by atoms with van der Waals surface area (Å²) < 4.78 is 0. The molecule has 0 bridgehead atoms. The van der Waals surface area contributed by atoms with Gasteiger partial charge in [0.1, 0.15) is 0 Å². The first-order chi connectivity index (χ1) is 6.58. The molecule has 0 spiro atoms. The second-order valence-corrected chi connectivity index (χ2v) is 4.93. The van der Waals surface area contributed by atoms with Gasteiger partial charge in [-0.3, -0.25) is 0 Å². The lowest BCUT2D eigenvalue weighted by molar-refractivity contribution is 0.343. The maximum absolute atomic E-state index is 4.09. The van der Waals surface area contributed by atoms with E-state index in [-0.39, 0.29) is 0 Å². The fraction of sp³-hybridized carbons (Fsp3) is 0.833. The molecule has 1 aliphatic rings. The van der Waals surface area contributed by atoms with E-state index in [9.17, 15) is 0 Å². The van der Waals surface area contributed by atoms with Crippen LogP contribution >= 0.6 is 0 Å². The maximum atomic E-state index is 4.09. The highest BCUT2D eigenvalue weighted by Gasteiger charge is 2.22. The van der Waals surface area contributed by atoms with Crippen LogP contribution in [0, 0.1) is 5.92 Å². The van der Waals surface area contributed by atoms with Crippen LogP contribution in [0.25, 0.3) is 0 Å². The van der Waals surface area contributed by atoms with Crippen molar-refractivity contribution >= 4 is 0 Å². The van der Waals surface area contributed by atoms with E-state index in [1.807, 2.05) is 0 Å². The highest BCUT2D eigenvalue weighted by molar-refractivity contribution is 5.00. The third-order valence-corrected chi connectivity index (χ3v) is 2.52. The van der Waals surface area contributed by atoms with Gasteiger partial charge in [-0.1, -0.05) is 20.4 Å². The molecule has 0 aromatic carbocycles. The molecular weight excluding hydrogens is 172 g/mol. The smallest absolute Gasteiger partial charge is 0.0199 e. The van der Waals surface area contributed by atoms with Gasteiger partial charge in [-0.2, -0.15) is 0 Å². The summed E-state index contributed by atoms with van der Waals surface area (Å²) in [6, 6.07) is 0.556. The van der Waals surface area contributed by atoms with Crippen molar-refractivity contribution in [3.8, 4) is 0 Å². The van der Waals surface area contributed by atoms with E-state index in [1.54, 1.807) is 0 Å². The first kappa shape index (κ1) is 11.7. The third kappa shape index (κ3) is 5.40. The molecule has 0 amide bonds. The van der Waals surface area contributed by atoms with E-state index < -0.39 is 0 Å². The van der Waals surface area contributed by atoms with Crippen LogP contribution in [0.2, 0.25) is 0 Å². The Morgan fingerprint density at radius 1 is 1.50 bits per heavy atom. The summed E-state index contributed by atoms with van der Waals surface area (Å²) in [6.07, 6.45) is 2.86. The molecule has 1 saturated carbocycles. The Hall–Kier alpha value is -0.340. The van der Waals surface area contributed by atoms with Gasteiger partial charge in [-0.25, -0.2) is 0 Å². The van der Waals surface area contributed by atoms with Crippen LogP contribution in [-0.2, 0) is 0 Å². The predicted octanol–water partition coefficient (Wildman–Crippen LogP) is 1.88. The summed E-state index contributed by atoms with van der Waals surface area (Å²) in [5, 5.41) is 3.39. The van der Waals surface area contributed by atoms with Crippen molar-refractivity contribution in [2.45, 2.75) is 32.7 Å². The van der Waals surface area contributed by atoms with Gasteiger partial charge in [-0.15, -0.1) is 0 Å². The third-order valence-electron chi connectivity index (χ3n) is 2.52. The highest BCUT2D eigenvalue weighted by Crippen LogP contribution is 2.29. The molecule has 0 aliphatic heterocycles. The van der Waals surface area contributed by atoms with Gasteiger partial charge in [0.05, 0.1) is 0 Å². The molecule has 0 atom stereocenters. The molecule has 2 nitrogen and oxygen atoms in total. The van der Waals surface area contributed by atoms with Crippen LogP contribution in [0.5, 0.6) is 0 Å². The van der Waals surface area contributed by atoms with Crippen LogP contribution in [0.15, 0.2) is 12.2 Å². The standard InChI is InChI=1S/C12H24N2/c1-10(2)13-7-11(3)8-14(4)9-12-5-6-12/h10,12-13H,3,5-9H2,1-2,4H3. The van der Waals surface area contributed by atoms with Crippen molar-refractivity contribution in [1.29, 1.82) is 0 Å². The minimum atomic E-state index is 0.556. The number of nitrogens with zero attached hydrogens (tertiary/aromatic N) is 1. The predicted molar refractivity (Wildman–Crippen MR) is 62.5 cm³/mol. The average molecular weight is 196 g/mol. The number of nitrogens with one attached hydrogen (secondary N) is 1. The summed E-state index contributed by atoms with van der Waals surface area (Å²) in [6.45, 7) is 11.7. The average Bonchev–Trinajstić information content (AvgIpc) is 2.84. The van der Waals surface area contributed by atoms with E-state index >= 15 is 0 Å². The molecule has 1 rings (SSSR count). The Kier molecular flexibility index (Phi) is 4.63. The lowest BCUT2D eigenvalue weighted by Crippen LogP contribution is -2.30. The summed E-state index contributed by atoms with van der Waals surface area (Å²) in [5.74, 6) is 0.978. The number of hydrogen-bond donors (Lipinski definition) is 1. The van der Waals surface area contributed by atoms with Gasteiger partial charge >= 0.3 is 0 Å². The minimum Gasteiger partial charge on any atom is -0.311 e. The molecule has 0 saturated heterocycles. The van der Waals surface area contributed by atoms with Gasteiger partial charge in [-0.05, 0) is 31.4 Å². The van der Waals surface area contributed by atoms with Crippen LogP contribution in [0.3, 0.4) is 0 Å². The Bertz CT molecular complexity index is 183. The summed E-state index contributed by atoms with van der Waals surface area (Å²) in [7, 11) is 2.19. The van der Waals surface area contributed by atoms with Crippen molar-refractivity contribution in [2.24, 2.45) is 5.92 Å². The van der Waals surface area contributed by atoms with Gasteiger partial charge < -0.3 is 10.2 Å². The Morgan fingerprint density at radius 3 is 2.64 bits per heavy atom. The van der Waals surface area contributed by atoms with Crippen molar-refractivity contribution < 1.29 is 0 Å². The zero-order chi connectivity index (χ0) is 10.6. The van der Waals surface area contributed by atoms with E-state index in [0.29, 0.717) is 6.04 Å². The molecule has 0 unspecified atom stereocenters. The molecule has 1 N–H and O–H groups in total. The fourth-order valence-corrected chi connectivity index (χ4v) is 1.59. The molecule has 1 aliphatic carbocycles. The number of likely N-dealkylation sites (N-methyl/N-ethyl adjacent to an activating group) is 1. The quantitative estimate of drug-likeness (QED) is 0.625. The highest BCUT2D eigenvalue weighted by atomic mass is 15.1. The molecule has 2 heteroatoms. The normalized spacial score (nSPS) is 16.6. The molecule has 0 heterocycles. The SMILES string of the molecule is C=C(CNC(C)C)CN(C)CC1CC1. The van der Waals surface area contributed by atoms with Crippen LogP contribution in [0.4, 0.5) is 0 Å². The van der Waals surface area contributed by atoms with Crippen LogP contribution in [0.1, 0.15) is 26.7 Å². The van der Waals surface area contributed by atoms with Crippen LogP contribution < -0.4 is 5.32 Å². The Balaban J connectivity index is 2.05. The molecular formula is C12H24N2. The summed E-state index contributed by atoms with van der Waals surface area (Å²) >= 11 is 0. The fourth-order valence-electron chi connectivity index (χ4n) is 1.59. The zero-order valence-electron chi connectivity index (χ0n) is 9.84. The maximum Gasteiger partial charge on any atom is 0.0199 e. The Labute approximate surface area is 88.4 Å². The van der Waals surface area contributed by atoms with Gasteiger partial charge in [0.25, 0.3) is 0 Å². The first-order valence-corrected chi connectivity index (χ1v) is 5.66. The van der Waals surface area contributed by atoms with E-state index in [4.69, 9.17) is 0 Å². The van der Waals surface area contributed by atoms with Gasteiger partial charge in [0.15, 0.2) is 0 Å². The second kappa shape index (κ2) is 5.52. The lowest BCUT2D eigenvalue weighted by Gasteiger charge is -2.18. The van der Waals surface area contributed by atoms with Crippen molar-refractivity contribution in [2.75, 3.05) is 26.7 Å². The molecule has 1 fully saturated rings. The number of rotatable bonds is 7. The molecule has 0 radical (unpaired) electrons. The summed E-state index contributed by atoms with van der Waals surface area (Å²) in [4.78, 5) is 2.39. The second-order valence-electron chi connectivity index (χ2n) is 4.93. The zero-order valence-corrected chi connectivity index (χ0v) is 9.84. The Morgan fingerprint density at radius 2 is 2.14 bits per heavy atom. The number of hydrogen-bond acceptors (Lipinski definition) is 2. The van der Waals surface area contributed by atoms with E-state index in [2.05, 4.69) is 37.7 Å². The van der Waals surface area contributed by atoms with E-state index in [1.165, 1.54) is 25.0 Å². The van der Waals surface area contributed by atoms with E-state index in [0.717, 1.165) is 19.0 Å². The van der Waals surface area contributed by atoms with Crippen molar-refractivity contribution in [1.82, 2.24) is 10.2 Å². The molecule has 0 aromatic heterocycles. The van der Waals surface area contributed by atoms with Crippen molar-refractivity contribution in [3.05, 3.63) is 12.2 Å². The van der Waals surface area contributed by atoms with Gasteiger partial charge in [0, 0.05) is 25.7 Å². The van der Waals surface area contributed by atoms with Gasteiger partial charge in [0.2, 0.25) is 0 Å². The van der Waals surface area contributed by atoms with Crippen molar-refractivity contribution in [3.63, 3.8) is 0 Å². The van der Waals surface area contributed by atoms with Crippen LogP contribution in [-0.4, -0.2) is 37.6 Å².